The predicted octanol–water partition coefficient (Wildman–Crippen LogP) is 4.54. The van der Waals surface area contributed by atoms with Crippen molar-refractivity contribution in [3.05, 3.63) is 64.8 Å². The second kappa shape index (κ2) is 8.37. The summed E-state index contributed by atoms with van der Waals surface area (Å²) in [5.74, 6) is -0.229. The number of likely N-dealkylation sites (tertiary alicyclic amines) is 1. The third-order valence-corrected chi connectivity index (χ3v) is 5.81. The largest absolute Gasteiger partial charge is 0.417 e. The zero-order chi connectivity index (χ0) is 23.0. The molecule has 2 aromatic heterocycles. The number of fused-ring (bicyclic) bond motifs is 1. The highest BCUT2D eigenvalue weighted by atomic mass is 19.4. The van der Waals surface area contributed by atoms with E-state index in [9.17, 15) is 23.1 Å². The maximum absolute atomic E-state index is 13.4. The standard InChI is InChI=1S/C23H21F3N4O2/c1-14-21(20(32)13-29-9-7-18(31)8-10-29)22-19(11-15(12-28-22)23(24,25)26)30(14)17-5-3-16(27-2)4-6-17/h3-6,11-12,18,31H,7-10,13H2,1H3. The topological polar surface area (TPSA) is 62.7 Å². The van der Waals surface area contributed by atoms with E-state index < -0.39 is 11.7 Å². The van der Waals surface area contributed by atoms with Gasteiger partial charge < -0.3 is 9.67 Å². The Morgan fingerprint density at radius 2 is 1.91 bits per heavy atom. The fourth-order valence-electron chi connectivity index (χ4n) is 4.14. The number of piperidine rings is 1. The molecule has 166 valence electrons. The molecule has 0 unspecified atom stereocenters. The monoisotopic (exact) mass is 442 g/mol. The molecule has 1 aromatic carbocycles. The van der Waals surface area contributed by atoms with Crippen molar-refractivity contribution >= 4 is 22.5 Å². The average Bonchev–Trinajstić information content (AvgIpc) is 3.06. The molecule has 4 rings (SSSR count). The lowest BCUT2D eigenvalue weighted by Crippen LogP contribution is -2.39. The van der Waals surface area contributed by atoms with Gasteiger partial charge in [-0.15, -0.1) is 0 Å². The smallest absolute Gasteiger partial charge is 0.393 e. The molecular weight excluding hydrogens is 421 g/mol. The predicted molar refractivity (Wildman–Crippen MR) is 113 cm³/mol. The van der Waals surface area contributed by atoms with Crippen molar-refractivity contribution < 1.29 is 23.1 Å². The second-order valence-electron chi connectivity index (χ2n) is 7.94. The van der Waals surface area contributed by atoms with Gasteiger partial charge in [-0.2, -0.15) is 13.2 Å². The van der Waals surface area contributed by atoms with Crippen molar-refractivity contribution in [2.75, 3.05) is 19.6 Å². The van der Waals surface area contributed by atoms with Crippen LogP contribution in [0.1, 0.15) is 34.5 Å². The van der Waals surface area contributed by atoms with Gasteiger partial charge in [0.2, 0.25) is 0 Å². The number of hydrogen-bond donors (Lipinski definition) is 1. The summed E-state index contributed by atoms with van der Waals surface area (Å²) in [5, 5.41) is 9.69. The van der Waals surface area contributed by atoms with Gasteiger partial charge in [0.1, 0.15) is 0 Å². The van der Waals surface area contributed by atoms with Crippen LogP contribution in [-0.4, -0.2) is 51.1 Å². The summed E-state index contributed by atoms with van der Waals surface area (Å²) >= 11 is 0. The Balaban J connectivity index is 1.83. The summed E-state index contributed by atoms with van der Waals surface area (Å²) in [5.41, 5.74) is 1.22. The molecule has 0 saturated carbocycles. The molecule has 3 aromatic rings. The lowest BCUT2D eigenvalue weighted by atomic mass is 10.1. The van der Waals surface area contributed by atoms with Gasteiger partial charge in [-0.3, -0.25) is 14.7 Å². The number of aromatic nitrogens is 2. The van der Waals surface area contributed by atoms with Crippen LogP contribution in [-0.2, 0) is 6.18 Å². The van der Waals surface area contributed by atoms with Gasteiger partial charge in [-0.1, -0.05) is 12.1 Å². The minimum absolute atomic E-state index is 0.103. The quantitative estimate of drug-likeness (QED) is 0.476. The number of halogens is 3. The van der Waals surface area contributed by atoms with E-state index in [0.29, 0.717) is 43.0 Å². The molecule has 0 aliphatic carbocycles. The van der Waals surface area contributed by atoms with Crippen LogP contribution in [0, 0.1) is 13.5 Å². The second-order valence-corrected chi connectivity index (χ2v) is 7.94. The lowest BCUT2D eigenvalue weighted by Gasteiger charge is -2.28. The Labute approximate surface area is 182 Å². The lowest BCUT2D eigenvalue weighted by molar-refractivity contribution is -0.137. The molecule has 1 saturated heterocycles. The highest BCUT2D eigenvalue weighted by Gasteiger charge is 2.33. The Morgan fingerprint density at radius 1 is 1.25 bits per heavy atom. The molecule has 0 radical (unpaired) electrons. The van der Waals surface area contributed by atoms with Gasteiger partial charge in [-0.25, -0.2) is 4.85 Å². The number of carbonyl (C=O) groups is 1. The van der Waals surface area contributed by atoms with E-state index >= 15 is 0 Å². The highest BCUT2D eigenvalue weighted by molar-refractivity contribution is 6.09. The van der Waals surface area contributed by atoms with Crippen LogP contribution in [0.15, 0.2) is 36.5 Å². The van der Waals surface area contributed by atoms with Crippen LogP contribution in [0.25, 0.3) is 21.6 Å². The number of pyridine rings is 1. The Kier molecular flexibility index (Phi) is 5.75. The van der Waals surface area contributed by atoms with Crippen molar-refractivity contribution in [1.82, 2.24) is 14.5 Å². The van der Waals surface area contributed by atoms with Gasteiger partial charge in [0.25, 0.3) is 0 Å². The summed E-state index contributed by atoms with van der Waals surface area (Å²) < 4.78 is 41.7. The summed E-state index contributed by atoms with van der Waals surface area (Å²) in [4.78, 5) is 22.6. The maximum Gasteiger partial charge on any atom is 0.417 e. The number of hydrogen-bond acceptors (Lipinski definition) is 4. The number of ketones is 1. The van der Waals surface area contributed by atoms with E-state index in [0.717, 1.165) is 12.3 Å². The summed E-state index contributed by atoms with van der Waals surface area (Å²) in [7, 11) is 0. The number of nitrogens with zero attached hydrogens (tertiary/aromatic N) is 4. The average molecular weight is 442 g/mol. The zero-order valence-corrected chi connectivity index (χ0v) is 17.4. The van der Waals surface area contributed by atoms with E-state index in [4.69, 9.17) is 6.57 Å². The first kappa shape index (κ1) is 22.0. The van der Waals surface area contributed by atoms with Gasteiger partial charge in [0.05, 0.1) is 41.4 Å². The molecule has 0 atom stereocenters. The van der Waals surface area contributed by atoms with Crippen LogP contribution < -0.4 is 0 Å². The van der Waals surface area contributed by atoms with E-state index in [2.05, 4.69) is 9.83 Å². The normalized spacial score (nSPS) is 15.8. The molecule has 0 amide bonds. The zero-order valence-electron chi connectivity index (χ0n) is 17.4. The third-order valence-electron chi connectivity index (χ3n) is 5.81. The molecule has 1 N–H and O–H groups in total. The van der Waals surface area contributed by atoms with E-state index in [-0.39, 0.29) is 35.0 Å². The first-order chi connectivity index (χ1) is 15.2. The molecule has 1 fully saturated rings. The Hall–Kier alpha value is -3.22. The molecule has 0 spiro atoms. The van der Waals surface area contributed by atoms with Crippen molar-refractivity contribution in [2.45, 2.75) is 32.0 Å². The molecule has 3 heterocycles. The van der Waals surface area contributed by atoms with Crippen LogP contribution in [0.2, 0.25) is 0 Å². The van der Waals surface area contributed by atoms with E-state index in [1.807, 2.05) is 4.90 Å². The SMILES string of the molecule is [C-]#[N+]c1ccc(-n2c(C)c(C(=O)CN3CCC(O)CC3)c3ncc(C(F)(F)F)cc32)cc1. The molecular formula is C23H21F3N4O2. The van der Waals surface area contributed by atoms with Crippen molar-refractivity contribution in [2.24, 2.45) is 0 Å². The Bertz CT molecular complexity index is 1200. The highest BCUT2D eigenvalue weighted by Crippen LogP contribution is 2.35. The molecule has 0 bridgehead atoms. The Morgan fingerprint density at radius 3 is 2.50 bits per heavy atom. The number of alkyl halides is 3. The summed E-state index contributed by atoms with van der Waals surface area (Å²) in [6.07, 6.45) is -3.03. The number of carbonyl (C=O) groups excluding carboxylic acids is 1. The first-order valence-corrected chi connectivity index (χ1v) is 10.2. The summed E-state index contributed by atoms with van der Waals surface area (Å²) in [6, 6.07) is 7.44. The van der Waals surface area contributed by atoms with Crippen molar-refractivity contribution in [3.63, 3.8) is 0 Å². The first-order valence-electron chi connectivity index (χ1n) is 10.2. The van der Waals surface area contributed by atoms with Crippen LogP contribution in [0.5, 0.6) is 0 Å². The number of aliphatic hydroxyl groups excluding tert-OH is 1. The van der Waals surface area contributed by atoms with Gasteiger partial charge >= 0.3 is 6.18 Å². The molecule has 1 aliphatic heterocycles. The molecule has 9 heteroatoms. The van der Waals surface area contributed by atoms with Gasteiger partial charge in [0, 0.05) is 30.7 Å². The van der Waals surface area contributed by atoms with Crippen molar-refractivity contribution in [1.29, 1.82) is 0 Å². The van der Waals surface area contributed by atoms with Crippen LogP contribution in [0.3, 0.4) is 0 Å². The third kappa shape index (κ3) is 4.11. The van der Waals surface area contributed by atoms with Crippen LogP contribution in [0.4, 0.5) is 18.9 Å². The fourth-order valence-corrected chi connectivity index (χ4v) is 4.14. The molecule has 6 nitrogen and oxygen atoms in total. The minimum Gasteiger partial charge on any atom is -0.393 e. The fraction of sp³-hybridized carbons (Fsp3) is 0.348. The summed E-state index contributed by atoms with van der Waals surface area (Å²) in [6.45, 7) is 10.0. The van der Waals surface area contributed by atoms with Crippen molar-refractivity contribution in [3.8, 4) is 5.69 Å². The molecule has 32 heavy (non-hydrogen) atoms. The number of rotatable bonds is 4. The minimum atomic E-state index is -4.57. The number of Topliss-reactive ketones (excluding diaryl/α,β-unsaturated/α-hetero) is 1. The number of benzene rings is 1. The molecule has 1 aliphatic rings. The number of aliphatic hydroxyl groups is 1. The maximum atomic E-state index is 13.4. The van der Waals surface area contributed by atoms with E-state index in [1.54, 1.807) is 35.8 Å². The van der Waals surface area contributed by atoms with E-state index in [1.165, 1.54) is 0 Å². The van der Waals surface area contributed by atoms with Gasteiger partial charge in [0.15, 0.2) is 11.5 Å². The van der Waals surface area contributed by atoms with Gasteiger partial charge in [-0.05, 0) is 38.0 Å². The van der Waals surface area contributed by atoms with Crippen LogP contribution >= 0.6 is 0 Å².